The average Bonchev–Trinajstić information content (AvgIpc) is 2.48. The number of piperidine rings is 1. The molecule has 0 aromatic heterocycles. The van der Waals surface area contributed by atoms with Gasteiger partial charge in [0.1, 0.15) is 0 Å². The lowest BCUT2D eigenvalue weighted by Crippen LogP contribution is -2.34. The molecule has 2 aromatic rings. The molecule has 21 heavy (non-hydrogen) atoms. The van der Waals surface area contributed by atoms with Gasteiger partial charge >= 0.3 is 0 Å². The van der Waals surface area contributed by atoms with Gasteiger partial charge in [0, 0.05) is 13.1 Å². The Morgan fingerprint density at radius 2 is 1.76 bits per heavy atom. The van der Waals surface area contributed by atoms with Crippen molar-refractivity contribution in [1.29, 1.82) is 0 Å². The highest BCUT2D eigenvalue weighted by Gasteiger charge is 2.15. The number of hydrogen-bond acceptors (Lipinski definition) is 2. The monoisotopic (exact) mass is 304 g/mol. The minimum absolute atomic E-state index is 0. The molecule has 0 atom stereocenters. The lowest BCUT2D eigenvalue weighted by atomic mass is 9.97. The summed E-state index contributed by atoms with van der Waals surface area (Å²) >= 11 is 0. The number of halogens is 1. The van der Waals surface area contributed by atoms with Gasteiger partial charge in [0.2, 0.25) is 0 Å². The van der Waals surface area contributed by atoms with Crippen LogP contribution in [0, 0.1) is 5.92 Å². The summed E-state index contributed by atoms with van der Waals surface area (Å²) in [5.74, 6) is 0.863. The van der Waals surface area contributed by atoms with E-state index in [1.807, 2.05) is 0 Å². The van der Waals surface area contributed by atoms with Crippen LogP contribution in [0.25, 0.3) is 10.8 Å². The number of hydrogen-bond donors (Lipinski definition) is 1. The zero-order chi connectivity index (χ0) is 13.8. The van der Waals surface area contributed by atoms with E-state index in [-0.39, 0.29) is 12.4 Å². The standard InChI is InChI=1S/C18H24N2.ClH/c1-20(13-15-8-10-19-11-9-15)14-16-6-7-17-4-2-3-5-18(17)12-16;/h2-7,12,15,19H,8-11,13-14H2,1H3;1H. The Kier molecular flexibility index (Phi) is 6.04. The molecule has 0 saturated carbocycles. The van der Waals surface area contributed by atoms with Gasteiger partial charge in [-0.1, -0.05) is 36.4 Å². The van der Waals surface area contributed by atoms with Crippen molar-refractivity contribution in [1.82, 2.24) is 10.2 Å². The molecule has 3 heteroatoms. The minimum atomic E-state index is 0. The van der Waals surface area contributed by atoms with E-state index < -0.39 is 0 Å². The molecule has 2 aromatic carbocycles. The van der Waals surface area contributed by atoms with Crippen LogP contribution in [0.4, 0.5) is 0 Å². The fraction of sp³-hybridized carbons (Fsp3) is 0.444. The zero-order valence-electron chi connectivity index (χ0n) is 12.7. The molecule has 1 fully saturated rings. The Balaban J connectivity index is 0.00000161. The third-order valence-corrected chi connectivity index (χ3v) is 4.29. The maximum absolute atomic E-state index is 3.44. The summed E-state index contributed by atoms with van der Waals surface area (Å²) in [5.41, 5.74) is 1.42. The Hall–Kier alpha value is -1.09. The molecule has 114 valence electrons. The molecule has 1 heterocycles. The van der Waals surface area contributed by atoms with Crippen LogP contribution in [-0.4, -0.2) is 31.6 Å². The number of nitrogens with one attached hydrogen (secondary N) is 1. The molecule has 3 rings (SSSR count). The fourth-order valence-corrected chi connectivity index (χ4v) is 3.22. The first-order chi connectivity index (χ1) is 9.81. The largest absolute Gasteiger partial charge is 0.317 e. The highest BCUT2D eigenvalue weighted by molar-refractivity contribution is 5.85. The van der Waals surface area contributed by atoms with Crippen LogP contribution >= 0.6 is 12.4 Å². The normalized spacial score (nSPS) is 16.1. The third kappa shape index (κ3) is 4.44. The first kappa shape index (κ1) is 16.3. The van der Waals surface area contributed by atoms with E-state index in [2.05, 4.69) is 59.7 Å². The summed E-state index contributed by atoms with van der Waals surface area (Å²) in [7, 11) is 2.25. The van der Waals surface area contributed by atoms with Crippen molar-refractivity contribution in [3.63, 3.8) is 0 Å². The summed E-state index contributed by atoms with van der Waals surface area (Å²) in [5, 5.41) is 6.12. The molecule has 0 aliphatic carbocycles. The molecule has 2 nitrogen and oxygen atoms in total. The van der Waals surface area contributed by atoms with Gasteiger partial charge in [-0.05, 0) is 61.3 Å². The molecular weight excluding hydrogens is 280 g/mol. The van der Waals surface area contributed by atoms with E-state index in [1.54, 1.807) is 0 Å². The third-order valence-electron chi connectivity index (χ3n) is 4.29. The average molecular weight is 305 g/mol. The topological polar surface area (TPSA) is 15.3 Å². The van der Waals surface area contributed by atoms with E-state index in [0.717, 1.165) is 12.5 Å². The van der Waals surface area contributed by atoms with Gasteiger partial charge in [0.05, 0.1) is 0 Å². The highest BCUT2D eigenvalue weighted by atomic mass is 35.5. The molecule has 1 aliphatic heterocycles. The van der Waals surface area contributed by atoms with Crippen molar-refractivity contribution in [2.75, 3.05) is 26.7 Å². The van der Waals surface area contributed by atoms with Gasteiger partial charge in [-0.15, -0.1) is 12.4 Å². The van der Waals surface area contributed by atoms with Crippen molar-refractivity contribution >= 4 is 23.2 Å². The van der Waals surface area contributed by atoms with Crippen LogP contribution in [0.3, 0.4) is 0 Å². The van der Waals surface area contributed by atoms with Crippen LogP contribution in [0.1, 0.15) is 18.4 Å². The first-order valence-electron chi connectivity index (χ1n) is 7.68. The Morgan fingerprint density at radius 1 is 1.05 bits per heavy atom. The number of fused-ring (bicyclic) bond motifs is 1. The van der Waals surface area contributed by atoms with Gasteiger partial charge in [0.15, 0.2) is 0 Å². The molecule has 0 unspecified atom stereocenters. The summed E-state index contributed by atoms with van der Waals surface area (Å²) in [4.78, 5) is 2.47. The Labute approximate surface area is 133 Å². The van der Waals surface area contributed by atoms with Crippen LogP contribution in [-0.2, 0) is 6.54 Å². The molecule has 1 saturated heterocycles. The molecule has 0 radical (unpaired) electrons. The molecule has 0 bridgehead atoms. The van der Waals surface area contributed by atoms with Crippen molar-refractivity contribution in [2.24, 2.45) is 5.92 Å². The van der Waals surface area contributed by atoms with Crippen LogP contribution in [0.2, 0.25) is 0 Å². The predicted molar refractivity (Wildman–Crippen MR) is 93.1 cm³/mol. The van der Waals surface area contributed by atoms with Gasteiger partial charge in [-0.3, -0.25) is 0 Å². The zero-order valence-corrected chi connectivity index (χ0v) is 13.5. The maximum Gasteiger partial charge on any atom is 0.0231 e. The van der Waals surface area contributed by atoms with Gasteiger partial charge < -0.3 is 10.2 Å². The van der Waals surface area contributed by atoms with Crippen molar-refractivity contribution in [3.8, 4) is 0 Å². The minimum Gasteiger partial charge on any atom is -0.317 e. The smallest absolute Gasteiger partial charge is 0.0231 e. The van der Waals surface area contributed by atoms with Crippen molar-refractivity contribution in [2.45, 2.75) is 19.4 Å². The summed E-state index contributed by atoms with van der Waals surface area (Å²) in [6.45, 7) is 4.65. The molecule has 1 aliphatic rings. The molecule has 0 spiro atoms. The number of nitrogens with zero attached hydrogens (tertiary/aromatic N) is 1. The van der Waals surface area contributed by atoms with Gasteiger partial charge in [-0.2, -0.15) is 0 Å². The van der Waals surface area contributed by atoms with Crippen molar-refractivity contribution in [3.05, 3.63) is 48.0 Å². The second-order valence-corrected chi connectivity index (χ2v) is 6.07. The van der Waals surface area contributed by atoms with Gasteiger partial charge in [-0.25, -0.2) is 0 Å². The summed E-state index contributed by atoms with van der Waals surface area (Å²) < 4.78 is 0. The van der Waals surface area contributed by atoms with Crippen LogP contribution in [0.5, 0.6) is 0 Å². The SMILES string of the molecule is CN(Cc1ccc2ccccc2c1)CC1CCNCC1.Cl. The second kappa shape index (κ2) is 7.79. The summed E-state index contributed by atoms with van der Waals surface area (Å²) in [6.07, 6.45) is 2.64. The van der Waals surface area contributed by atoms with Crippen LogP contribution in [0.15, 0.2) is 42.5 Å². The lowest BCUT2D eigenvalue weighted by molar-refractivity contribution is 0.234. The van der Waals surface area contributed by atoms with E-state index >= 15 is 0 Å². The molecular formula is C18H25ClN2. The maximum atomic E-state index is 3.44. The van der Waals surface area contributed by atoms with E-state index in [0.29, 0.717) is 0 Å². The second-order valence-electron chi connectivity index (χ2n) is 6.07. The predicted octanol–water partition coefficient (Wildman–Crippen LogP) is 3.69. The lowest BCUT2D eigenvalue weighted by Gasteiger charge is -2.27. The van der Waals surface area contributed by atoms with E-state index in [9.17, 15) is 0 Å². The fourth-order valence-electron chi connectivity index (χ4n) is 3.22. The number of rotatable bonds is 4. The Bertz CT molecular complexity index is 564. The first-order valence-corrected chi connectivity index (χ1v) is 7.68. The Morgan fingerprint density at radius 3 is 2.52 bits per heavy atom. The van der Waals surface area contributed by atoms with E-state index in [4.69, 9.17) is 0 Å². The van der Waals surface area contributed by atoms with Crippen LogP contribution < -0.4 is 5.32 Å². The highest BCUT2D eigenvalue weighted by Crippen LogP contribution is 2.18. The van der Waals surface area contributed by atoms with Crippen molar-refractivity contribution < 1.29 is 0 Å². The number of benzene rings is 2. The van der Waals surface area contributed by atoms with E-state index in [1.165, 1.54) is 48.8 Å². The molecule has 1 N–H and O–H groups in total. The molecule has 0 amide bonds. The quantitative estimate of drug-likeness (QED) is 0.926. The van der Waals surface area contributed by atoms with Gasteiger partial charge in [0.25, 0.3) is 0 Å². The summed E-state index contributed by atoms with van der Waals surface area (Å²) in [6, 6.07) is 15.4.